The third kappa shape index (κ3) is 3.86. The molecule has 7 heteroatoms. The van der Waals surface area contributed by atoms with Gasteiger partial charge in [-0.2, -0.15) is 13.2 Å². The fourth-order valence-corrected chi connectivity index (χ4v) is 2.41. The molecule has 2 heterocycles. The van der Waals surface area contributed by atoms with Crippen molar-refractivity contribution in [2.45, 2.75) is 25.9 Å². The Balaban J connectivity index is 1.95. The zero-order valence-corrected chi connectivity index (χ0v) is 11.7. The summed E-state index contributed by atoms with van der Waals surface area (Å²) in [4.78, 5) is 16.2. The van der Waals surface area contributed by atoms with Crippen molar-refractivity contribution >= 4 is 11.8 Å². The fourth-order valence-electron chi connectivity index (χ4n) is 2.41. The highest BCUT2D eigenvalue weighted by atomic mass is 19.4. The number of piperidine rings is 1. The van der Waals surface area contributed by atoms with Gasteiger partial charge in [0.1, 0.15) is 6.20 Å². The lowest BCUT2D eigenvalue weighted by Crippen LogP contribution is -2.39. The summed E-state index contributed by atoms with van der Waals surface area (Å²) in [5.74, 6) is 0.328. The zero-order chi connectivity index (χ0) is 15.5. The summed E-state index contributed by atoms with van der Waals surface area (Å²) in [5, 5.41) is 0. The van der Waals surface area contributed by atoms with Crippen LogP contribution in [0.3, 0.4) is 0 Å². The molecule has 2 rings (SSSR count). The van der Waals surface area contributed by atoms with Gasteiger partial charge in [-0.25, -0.2) is 4.98 Å². The van der Waals surface area contributed by atoms with Crippen LogP contribution in [0.25, 0.3) is 0 Å². The number of nitrogens with one attached hydrogen (secondary N) is 1. The lowest BCUT2D eigenvalue weighted by Gasteiger charge is -2.26. The van der Waals surface area contributed by atoms with Crippen LogP contribution in [0.2, 0.25) is 0 Å². The van der Waals surface area contributed by atoms with Crippen LogP contribution >= 0.6 is 0 Å². The first-order valence-electron chi connectivity index (χ1n) is 6.92. The van der Waals surface area contributed by atoms with Crippen molar-refractivity contribution in [2.24, 2.45) is 5.92 Å². The summed E-state index contributed by atoms with van der Waals surface area (Å²) in [6.45, 7) is 3.37. The molecule has 0 unspecified atom stereocenters. The molecule has 1 N–H and O–H groups in total. The van der Waals surface area contributed by atoms with Crippen LogP contribution in [-0.2, 0) is 15.7 Å². The van der Waals surface area contributed by atoms with Crippen molar-refractivity contribution in [3.63, 3.8) is 0 Å². The van der Waals surface area contributed by atoms with E-state index in [1.165, 1.54) is 6.07 Å². The van der Waals surface area contributed by atoms with Crippen molar-refractivity contribution in [3.8, 4) is 0 Å². The van der Waals surface area contributed by atoms with Gasteiger partial charge in [0, 0.05) is 6.07 Å². The van der Waals surface area contributed by atoms with Crippen molar-refractivity contribution in [3.05, 3.63) is 23.9 Å². The number of esters is 1. The number of H-pyrrole nitrogens is 1. The second-order valence-electron chi connectivity index (χ2n) is 4.97. The van der Waals surface area contributed by atoms with Crippen molar-refractivity contribution in [1.29, 1.82) is 0 Å². The van der Waals surface area contributed by atoms with E-state index in [4.69, 9.17) is 4.74 Å². The standard InChI is InChI=1S/C14H17F3N2O2/c1-2-21-13(20)10-5-7-19(8-6-10)12-4-3-11(9-18-12)14(15,16)17/h3-4,9-10H,2,5-8H2,1H3/p+1. The molecule has 0 atom stereocenters. The predicted molar refractivity (Wildman–Crippen MR) is 69.6 cm³/mol. The van der Waals surface area contributed by atoms with E-state index in [1.54, 1.807) is 6.92 Å². The average Bonchev–Trinajstić information content (AvgIpc) is 2.47. The Kier molecular flexibility index (Phi) is 4.69. The highest BCUT2D eigenvalue weighted by Gasteiger charge is 2.33. The zero-order valence-electron chi connectivity index (χ0n) is 11.7. The van der Waals surface area contributed by atoms with Gasteiger partial charge in [-0.3, -0.25) is 9.69 Å². The maximum atomic E-state index is 12.5. The molecule has 1 aliphatic rings. The maximum Gasteiger partial charge on any atom is 0.419 e. The van der Waals surface area contributed by atoms with Gasteiger partial charge in [-0.05, 0) is 25.8 Å². The molecule has 0 aromatic carbocycles. The third-order valence-corrected chi connectivity index (χ3v) is 3.58. The smallest absolute Gasteiger partial charge is 0.419 e. The van der Waals surface area contributed by atoms with E-state index < -0.39 is 11.7 Å². The Morgan fingerprint density at radius 2 is 2.05 bits per heavy atom. The molecule has 1 saturated heterocycles. The molecule has 1 aromatic rings. The van der Waals surface area contributed by atoms with Gasteiger partial charge in [-0.1, -0.05) is 0 Å². The normalized spacial score (nSPS) is 16.9. The van der Waals surface area contributed by atoms with Crippen molar-refractivity contribution in [2.75, 3.05) is 24.6 Å². The first-order valence-corrected chi connectivity index (χ1v) is 6.92. The Morgan fingerprint density at radius 3 is 2.52 bits per heavy atom. The van der Waals surface area contributed by atoms with E-state index in [2.05, 4.69) is 4.98 Å². The number of anilines is 1. The second-order valence-corrected chi connectivity index (χ2v) is 4.97. The minimum absolute atomic E-state index is 0.115. The van der Waals surface area contributed by atoms with Crippen LogP contribution in [0.1, 0.15) is 25.3 Å². The summed E-state index contributed by atoms with van der Waals surface area (Å²) in [7, 11) is 0. The lowest BCUT2D eigenvalue weighted by molar-refractivity contribution is -0.367. The average molecular weight is 303 g/mol. The van der Waals surface area contributed by atoms with Crippen LogP contribution < -0.4 is 9.88 Å². The predicted octanol–water partition coefficient (Wildman–Crippen LogP) is 2.30. The van der Waals surface area contributed by atoms with Gasteiger partial charge in [0.15, 0.2) is 0 Å². The molecule has 4 nitrogen and oxygen atoms in total. The molecule has 21 heavy (non-hydrogen) atoms. The SMILES string of the molecule is CCOC(=O)C1CCN(c2ccc(C(F)(F)F)c[nH+]2)CC1. The summed E-state index contributed by atoms with van der Waals surface area (Å²) >= 11 is 0. The highest BCUT2D eigenvalue weighted by Crippen LogP contribution is 2.29. The van der Waals surface area contributed by atoms with E-state index >= 15 is 0 Å². The number of carbonyl (C=O) groups excluding carboxylic acids is 1. The molecule has 0 saturated carbocycles. The summed E-state index contributed by atoms with van der Waals surface area (Å²) in [6.07, 6.45) is -2.08. The Bertz CT molecular complexity index is 480. The first-order chi connectivity index (χ1) is 9.91. The number of ether oxygens (including phenoxy) is 1. The van der Waals surface area contributed by atoms with Crippen LogP contribution in [0.15, 0.2) is 18.3 Å². The molecule has 0 aliphatic carbocycles. The van der Waals surface area contributed by atoms with E-state index in [9.17, 15) is 18.0 Å². The van der Waals surface area contributed by atoms with Gasteiger partial charge < -0.3 is 4.74 Å². The molecule has 0 radical (unpaired) electrons. The summed E-state index contributed by atoms with van der Waals surface area (Å²) < 4.78 is 42.5. The number of hydrogen-bond acceptors (Lipinski definition) is 3. The molecule has 0 amide bonds. The number of alkyl halides is 3. The molecule has 1 aliphatic heterocycles. The van der Waals surface area contributed by atoms with Crippen LogP contribution in [0.4, 0.5) is 19.0 Å². The van der Waals surface area contributed by atoms with Crippen LogP contribution in [0.5, 0.6) is 0 Å². The Morgan fingerprint density at radius 1 is 1.38 bits per heavy atom. The maximum absolute atomic E-state index is 12.5. The number of pyridine rings is 1. The monoisotopic (exact) mass is 303 g/mol. The number of halogens is 3. The van der Waals surface area contributed by atoms with Gasteiger partial charge in [0.05, 0.1) is 31.2 Å². The lowest BCUT2D eigenvalue weighted by atomic mass is 9.97. The number of aromatic amines is 1. The van der Waals surface area contributed by atoms with Gasteiger partial charge in [-0.15, -0.1) is 0 Å². The molecule has 0 bridgehead atoms. The Hall–Kier alpha value is -1.79. The second kappa shape index (κ2) is 6.32. The fraction of sp³-hybridized carbons (Fsp3) is 0.571. The molecular weight excluding hydrogens is 285 g/mol. The molecule has 116 valence electrons. The number of rotatable bonds is 3. The van der Waals surface area contributed by atoms with E-state index in [-0.39, 0.29) is 11.9 Å². The first kappa shape index (κ1) is 15.6. The van der Waals surface area contributed by atoms with Gasteiger partial charge in [0.2, 0.25) is 0 Å². The molecular formula is C14H18F3N2O2+. The molecule has 1 fully saturated rings. The quantitative estimate of drug-likeness (QED) is 0.805. The van der Waals surface area contributed by atoms with Crippen LogP contribution in [0, 0.1) is 5.92 Å². The van der Waals surface area contributed by atoms with Crippen LogP contribution in [-0.4, -0.2) is 25.7 Å². The molecule has 0 spiro atoms. The number of carbonyl (C=O) groups is 1. The highest BCUT2D eigenvalue weighted by molar-refractivity contribution is 5.72. The number of hydrogen-bond donors (Lipinski definition) is 0. The summed E-state index contributed by atoms with van der Waals surface area (Å²) in [6, 6.07) is 2.48. The van der Waals surface area contributed by atoms with E-state index in [0.717, 1.165) is 12.3 Å². The number of nitrogens with zero attached hydrogens (tertiary/aromatic N) is 1. The topological polar surface area (TPSA) is 43.7 Å². The minimum Gasteiger partial charge on any atom is -0.466 e. The van der Waals surface area contributed by atoms with Crippen molar-refractivity contribution in [1.82, 2.24) is 0 Å². The molecule has 1 aromatic heterocycles. The Labute approximate surface area is 120 Å². The van der Waals surface area contributed by atoms with E-state index in [1.807, 2.05) is 4.90 Å². The minimum atomic E-state index is -4.34. The van der Waals surface area contributed by atoms with Crippen molar-refractivity contribution < 1.29 is 27.7 Å². The van der Waals surface area contributed by atoms with Gasteiger partial charge >= 0.3 is 12.1 Å². The van der Waals surface area contributed by atoms with Gasteiger partial charge in [0.25, 0.3) is 5.82 Å². The number of aromatic nitrogens is 1. The third-order valence-electron chi connectivity index (χ3n) is 3.58. The van der Waals surface area contributed by atoms with E-state index in [0.29, 0.717) is 38.4 Å². The summed E-state index contributed by atoms with van der Waals surface area (Å²) in [5.41, 5.74) is -0.701. The largest absolute Gasteiger partial charge is 0.466 e.